The molecule has 0 atom stereocenters. The number of sulfonamides is 1. The van der Waals surface area contributed by atoms with Crippen molar-refractivity contribution < 1.29 is 22.7 Å². The first-order valence-electron chi connectivity index (χ1n) is 13.3. The van der Waals surface area contributed by atoms with Gasteiger partial charge in [0.2, 0.25) is 0 Å². The Kier molecular flexibility index (Phi) is 11.3. The van der Waals surface area contributed by atoms with Crippen LogP contribution in [0.5, 0.6) is 11.5 Å². The molecule has 7 nitrogen and oxygen atoms in total. The number of amides is 1. The molecule has 0 aliphatic carbocycles. The highest BCUT2D eigenvalue weighted by Crippen LogP contribution is 2.35. The van der Waals surface area contributed by atoms with Gasteiger partial charge in [-0.2, -0.15) is 8.42 Å². The van der Waals surface area contributed by atoms with E-state index in [4.69, 9.17) is 9.47 Å². The zero-order chi connectivity index (χ0) is 27.5. The highest BCUT2D eigenvalue weighted by molar-refractivity contribution is 8.19. The molecule has 1 aliphatic rings. The van der Waals surface area contributed by atoms with Gasteiger partial charge in [-0.15, -0.1) is 4.40 Å². The van der Waals surface area contributed by atoms with Crippen molar-refractivity contribution in [3.8, 4) is 11.5 Å². The van der Waals surface area contributed by atoms with Gasteiger partial charge in [0.1, 0.15) is 0 Å². The summed E-state index contributed by atoms with van der Waals surface area (Å²) in [5, 5.41) is 0.149. The summed E-state index contributed by atoms with van der Waals surface area (Å²) >= 11 is 1.06. The van der Waals surface area contributed by atoms with E-state index in [-0.39, 0.29) is 16.0 Å². The third kappa shape index (κ3) is 7.86. The van der Waals surface area contributed by atoms with Gasteiger partial charge in [-0.3, -0.25) is 9.69 Å². The summed E-state index contributed by atoms with van der Waals surface area (Å²) < 4.78 is 41.4. The van der Waals surface area contributed by atoms with Crippen LogP contribution in [-0.2, 0) is 21.2 Å². The van der Waals surface area contributed by atoms with E-state index in [0.717, 1.165) is 42.2 Å². The second-order valence-corrected chi connectivity index (χ2v) is 11.6. The summed E-state index contributed by atoms with van der Waals surface area (Å²) in [6.45, 7) is 6.90. The molecule has 0 saturated carbocycles. The maximum atomic E-state index is 13.1. The van der Waals surface area contributed by atoms with Gasteiger partial charge >= 0.3 is 0 Å². The number of unbranched alkanes of at least 4 members (excludes halogenated alkanes) is 5. The van der Waals surface area contributed by atoms with Crippen LogP contribution in [-0.4, -0.2) is 44.7 Å². The van der Waals surface area contributed by atoms with Crippen molar-refractivity contribution in [2.75, 3.05) is 20.3 Å². The van der Waals surface area contributed by atoms with Crippen LogP contribution in [0.25, 0.3) is 6.08 Å². The third-order valence-electron chi connectivity index (χ3n) is 6.27. The molecule has 0 aromatic heterocycles. The summed E-state index contributed by atoms with van der Waals surface area (Å²) in [5.74, 6) is 0.962. The molecular formula is C29H38N2O5S2. The minimum absolute atomic E-state index is 0.103. The van der Waals surface area contributed by atoms with Crippen molar-refractivity contribution in [1.82, 2.24) is 4.90 Å². The van der Waals surface area contributed by atoms with E-state index in [2.05, 4.69) is 11.3 Å². The largest absolute Gasteiger partial charge is 0.493 e. The Bertz CT molecular complexity index is 1250. The molecule has 0 unspecified atom stereocenters. The topological polar surface area (TPSA) is 85.3 Å². The first kappa shape index (κ1) is 29.8. The fraction of sp³-hybridized carbons (Fsp3) is 0.448. The van der Waals surface area contributed by atoms with Crippen LogP contribution in [0.1, 0.15) is 70.4 Å². The van der Waals surface area contributed by atoms with Crippen LogP contribution in [0.2, 0.25) is 0 Å². The van der Waals surface area contributed by atoms with Gasteiger partial charge in [0.05, 0.1) is 23.5 Å². The Morgan fingerprint density at radius 2 is 1.66 bits per heavy atom. The molecule has 1 amide bonds. The van der Waals surface area contributed by atoms with Gasteiger partial charge in [0, 0.05) is 6.54 Å². The number of benzene rings is 2. The van der Waals surface area contributed by atoms with Crippen molar-refractivity contribution >= 4 is 38.9 Å². The number of methoxy groups -OCH3 is 1. The lowest BCUT2D eigenvalue weighted by molar-refractivity contribution is -0.122. The van der Waals surface area contributed by atoms with Crippen LogP contribution < -0.4 is 9.47 Å². The maximum Gasteiger partial charge on any atom is 0.284 e. The minimum atomic E-state index is -3.96. The molecule has 2 aromatic rings. The first-order valence-corrected chi connectivity index (χ1v) is 15.5. The Morgan fingerprint density at radius 3 is 2.32 bits per heavy atom. The standard InChI is InChI=1S/C29H38N2O5S2/c1-5-8-9-10-11-12-19-36-26-20-23(15-18-25(26)35-4)21-27-28(32)31(7-3)29(37-27)30-38(33,34)24-16-13-22(6-2)14-17-24/h13-18,20-21H,5-12,19H2,1-4H3/b27-21-,30-29?. The van der Waals surface area contributed by atoms with E-state index < -0.39 is 10.0 Å². The fourth-order valence-electron chi connectivity index (χ4n) is 4.02. The minimum Gasteiger partial charge on any atom is -0.493 e. The summed E-state index contributed by atoms with van der Waals surface area (Å²) in [7, 11) is -2.36. The molecule has 3 rings (SSSR count). The van der Waals surface area contributed by atoms with Crippen LogP contribution in [0, 0.1) is 0 Å². The number of likely N-dealkylation sites (N-methyl/N-ethyl adjacent to an activating group) is 1. The van der Waals surface area contributed by atoms with Gasteiger partial charge in [-0.1, -0.05) is 64.2 Å². The van der Waals surface area contributed by atoms with Crippen molar-refractivity contribution in [3.05, 3.63) is 58.5 Å². The number of ether oxygens (including phenoxy) is 2. The zero-order valence-electron chi connectivity index (χ0n) is 22.7. The van der Waals surface area contributed by atoms with Crippen LogP contribution in [0.4, 0.5) is 0 Å². The summed E-state index contributed by atoms with van der Waals surface area (Å²) in [6.07, 6.45) is 9.58. The number of thioether (sulfide) groups is 1. The maximum absolute atomic E-state index is 13.1. The second-order valence-electron chi connectivity index (χ2n) is 9.03. The normalized spacial score (nSPS) is 16.0. The third-order valence-corrected chi connectivity index (χ3v) is 8.68. The number of aryl methyl sites for hydroxylation is 1. The smallest absolute Gasteiger partial charge is 0.284 e. The quantitative estimate of drug-likeness (QED) is 0.190. The Morgan fingerprint density at radius 1 is 0.947 bits per heavy atom. The number of hydrogen-bond donors (Lipinski definition) is 0. The van der Waals surface area contributed by atoms with E-state index in [1.54, 1.807) is 44.4 Å². The van der Waals surface area contributed by atoms with E-state index >= 15 is 0 Å². The number of rotatable bonds is 14. The number of carbonyl (C=O) groups excluding carboxylic acids is 1. The average Bonchev–Trinajstić information content (AvgIpc) is 3.20. The van der Waals surface area contributed by atoms with Gasteiger partial charge < -0.3 is 9.47 Å². The van der Waals surface area contributed by atoms with Crippen LogP contribution in [0.3, 0.4) is 0 Å². The van der Waals surface area contributed by atoms with Crippen molar-refractivity contribution in [2.24, 2.45) is 4.40 Å². The fourth-order valence-corrected chi connectivity index (χ4v) is 6.26. The highest BCUT2D eigenvalue weighted by atomic mass is 32.2. The van der Waals surface area contributed by atoms with Crippen LogP contribution in [0.15, 0.2) is 56.7 Å². The monoisotopic (exact) mass is 558 g/mol. The molecular weight excluding hydrogens is 520 g/mol. The molecule has 1 heterocycles. The molecule has 0 radical (unpaired) electrons. The van der Waals surface area contributed by atoms with Gasteiger partial charge in [-0.25, -0.2) is 0 Å². The number of carbonyl (C=O) groups is 1. The lowest BCUT2D eigenvalue weighted by Crippen LogP contribution is -2.29. The van der Waals surface area contributed by atoms with Crippen molar-refractivity contribution in [3.63, 3.8) is 0 Å². The lowest BCUT2D eigenvalue weighted by atomic mass is 10.1. The van der Waals surface area contributed by atoms with Crippen LogP contribution >= 0.6 is 11.8 Å². The molecule has 0 N–H and O–H groups in total. The van der Waals surface area contributed by atoms with Gasteiger partial charge in [0.25, 0.3) is 15.9 Å². The van der Waals surface area contributed by atoms with E-state index in [0.29, 0.717) is 29.6 Å². The molecule has 38 heavy (non-hydrogen) atoms. The molecule has 1 saturated heterocycles. The predicted octanol–water partition coefficient (Wildman–Crippen LogP) is 6.68. The Labute approximate surface area is 231 Å². The summed E-state index contributed by atoms with van der Waals surface area (Å²) in [6, 6.07) is 12.2. The molecule has 9 heteroatoms. The molecule has 206 valence electrons. The summed E-state index contributed by atoms with van der Waals surface area (Å²) in [4.78, 5) is 15.0. The molecule has 1 aliphatic heterocycles. The Balaban J connectivity index is 1.77. The first-order chi connectivity index (χ1) is 18.3. The lowest BCUT2D eigenvalue weighted by Gasteiger charge is -2.12. The van der Waals surface area contributed by atoms with E-state index in [1.807, 2.05) is 25.1 Å². The highest BCUT2D eigenvalue weighted by Gasteiger charge is 2.34. The second kappa shape index (κ2) is 14.4. The van der Waals surface area contributed by atoms with Crippen molar-refractivity contribution in [2.45, 2.75) is 70.6 Å². The molecule has 1 fully saturated rings. The number of hydrogen-bond acceptors (Lipinski definition) is 6. The van der Waals surface area contributed by atoms with E-state index in [1.165, 1.54) is 30.6 Å². The number of amidine groups is 1. The average molecular weight is 559 g/mol. The predicted molar refractivity (Wildman–Crippen MR) is 155 cm³/mol. The zero-order valence-corrected chi connectivity index (χ0v) is 24.4. The van der Waals surface area contributed by atoms with Gasteiger partial charge in [-0.05, 0) is 73.0 Å². The molecule has 0 spiro atoms. The van der Waals surface area contributed by atoms with Gasteiger partial charge in [0.15, 0.2) is 16.7 Å². The molecule has 2 aromatic carbocycles. The van der Waals surface area contributed by atoms with E-state index in [9.17, 15) is 13.2 Å². The Hall–Kier alpha value is -2.78. The SMILES string of the molecule is CCCCCCCCOc1cc(/C=C2\SC(=NS(=O)(=O)c3ccc(CC)cc3)N(CC)C2=O)ccc1OC. The molecule has 0 bridgehead atoms. The van der Waals surface area contributed by atoms with Crippen molar-refractivity contribution in [1.29, 1.82) is 0 Å². The number of nitrogens with zero attached hydrogens (tertiary/aromatic N) is 2. The summed E-state index contributed by atoms with van der Waals surface area (Å²) in [5.41, 5.74) is 1.80.